The van der Waals surface area contributed by atoms with Crippen LogP contribution >= 0.6 is 35.0 Å². The van der Waals surface area contributed by atoms with Gasteiger partial charge in [-0.25, -0.2) is 0 Å². The van der Waals surface area contributed by atoms with E-state index in [9.17, 15) is 0 Å². The summed E-state index contributed by atoms with van der Waals surface area (Å²) in [5.41, 5.74) is 6.17. The molecule has 1 aromatic carbocycles. The van der Waals surface area contributed by atoms with Crippen LogP contribution in [-0.2, 0) is 5.75 Å². The molecule has 1 aromatic rings. The van der Waals surface area contributed by atoms with Crippen molar-refractivity contribution < 1.29 is 0 Å². The second-order valence-electron chi connectivity index (χ2n) is 2.43. The fourth-order valence-electron chi connectivity index (χ4n) is 0.855. The zero-order valence-electron chi connectivity index (χ0n) is 6.68. The molecule has 0 aliphatic rings. The Morgan fingerprint density at radius 2 is 1.85 bits per heavy atom. The summed E-state index contributed by atoms with van der Waals surface area (Å²) in [5.74, 6) is 0.621. The van der Waals surface area contributed by atoms with Crippen molar-refractivity contribution in [2.24, 2.45) is 5.73 Å². The van der Waals surface area contributed by atoms with Crippen LogP contribution in [0.2, 0.25) is 10.0 Å². The molecule has 0 heterocycles. The third-order valence-electron chi connectivity index (χ3n) is 1.32. The van der Waals surface area contributed by atoms with E-state index in [1.165, 1.54) is 11.8 Å². The number of benzene rings is 1. The number of halogens is 2. The van der Waals surface area contributed by atoms with Crippen LogP contribution in [0.15, 0.2) is 18.2 Å². The molecule has 13 heavy (non-hydrogen) atoms. The van der Waals surface area contributed by atoms with E-state index in [0.717, 1.165) is 5.56 Å². The lowest BCUT2D eigenvalue weighted by Crippen LogP contribution is -2.03. The van der Waals surface area contributed by atoms with Crippen molar-refractivity contribution in [1.82, 2.24) is 0 Å². The molecule has 0 aliphatic carbocycles. The van der Waals surface area contributed by atoms with Gasteiger partial charge in [0.25, 0.3) is 0 Å². The van der Waals surface area contributed by atoms with Gasteiger partial charge >= 0.3 is 0 Å². The first-order chi connectivity index (χ1) is 6.08. The lowest BCUT2D eigenvalue weighted by atomic mass is 10.2. The van der Waals surface area contributed by atoms with Gasteiger partial charge in [-0.3, -0.25) is 5.41 Å². The van der Waals surface area contributed by atoms with Gasteiger partial charge in [0, 0.05) is 15.8 Å². The maximum Gasteiger partial charge on any atom is 0.151 e. The summed E-state index contributed by atoms with van der Waals surface area (Å²) in [4.78, 5) is 0. The average molecular weight is 235 g/mol. The summed E-state index contributed by atoms with van der Waals surface area (Å²) in [5, 5.41) is 8.33. The van der Waals surface area contributed by atoms with Gasteiger partial charge in [0.1, 0.15) is 0 Å². The van der Waals surface area contributed by atoms with E-state index < -0.39 is 0 Å². The lowest BCUT2D eigenvalue weighted by Gasteiger charge is -2.01. The summed E-state index contributed by atoms with van der Waals surface area (Å²) in [7, 11) is 0. The molecule has 3 N–H and O–H groups in total. The molecule has 0 bridgehead atoms. The molecule has 0 aliphatic heterocycles. The van der Waals surface area contributed by atoms with Gasteiger partial charge in [0.15, 0.2) is 5.17 Å². The number of thioether (sulfide) groups is 1. The number of nitrogens with two attached hydrogens (primary N) is 1. The van der Waals surface area contributed by atoms with Crippen molar-refractivity contribution in [2.75, 3.05) is 0 Å². The largest absolute Gasteiger partial charge is 0.379 e. The summed E-state index contributed by atoms with van der Waals surface area (Å²) in [6.07, 6.45) is 0. The van der Waals surface area contributed by atoms with Gasteiger partial charge in [-0.05, 0) is 23.8 Å². The quantitative estimate of drug-likeness (QED) is 0.611. The SMILES string of the molecule is N=C(N)SCc1cc(Cl)cc(Cl)c1. The molecule has 0 unspecified atom stereocenters. The maximum atomic E-state index is 7.03. The van der Waals surface area contributed by atoms with Crippen LogP contribution in [0.1, 0.15) is 5.56 Å². The Morgan fingerprint density at radius 1 is 1.31 bits per heavy atom. The molecule has 0 atom stereocenters. The number of amidine groups is 1. The Kier molecular flexibility index (Phi) is 3.90. The minimum Gasteiger partial charge on any atom is -0.379 e. The fraction of sp³-hybridized carbons (Fsp3) is 0.125. The first-order valence-corrected chi connectivity index (χ1v) is 5.24. The van der Waals surface area contributed by atoms with E-state index in [1.807, 2.05) is 12.1 Å². The van der Waals surface area contributed by atoms with E-state index >= 15 is 0 Å². The summed E-state index contributed by atoms with van der Waals surface area (Å²) >= 11 is 12.8. The highest BCUT2D eigenvalue weighted by Gasteiger charge is 1.99. The monoisotopic (exact) mass is 234 g/mol. The third kappa shape index (κ3) is 3.89. The topological polar surface area (TPSA) is 49.9 Å². The predicted molar refractivity (Wildman–Crippen MR) is 59.7 cm³/mol. The van der Waals surface area contributed by atoms with Crippen LogP contribution in [0.3, 0.4) is 0 Å². The van der Waals surface area contributed by atoms with E-state index in [0.29, 0.717) is 15.8 Å². The Bertz CT molecular complexity index is 308. The molecular weight excluding hydrogens is 227 g/mol. The summed E-state index contributed by atoms with van der Waals surface area (Å²) < 4.78 is 0. The van der Waals surface area contributed by atoms with Crippen molar-refractivity contribution in [1.29, 1.82) is 5.41 Å². The van der Waals surface area contributed by atoms with Gasteiger partial charge in [0.05, 0.1) is 0 Å². The van der Waals surface area contributed by atoms with Gasteiger partial charge < -0.3 is 5.73 Å². The molecule has 2 nitrogen and oxygen atoms in total. The first kappa shape index (κ1) is 10.7. The van der Waals surface area contributed by atoms with Crippen molar-refractivity contribution >= 4 is 40.1 Å². The van der Waals surface area contributed by atoms with Crippen LogP contribution in [0.5, 0.6) is 0 Å². The zero-order chi connectivity index (χ0) is 9.84. The van der Waals surface area contributed by atoms with Crippen LogP contribution in [0.4, 0.5) is 0 Å². The van der Waals surface area contributed by atoms with E-state index in [2.05, 4.69) is 0 Å². The minimum absolute atomic E-state index is 0.0936. The normalized spacial score (nSPS) is 10.0. The molecule has 0 aromatic heterocycles. The van der Waals surface area contributed by atoms with Crippen LogP contribution < -0.4 is 5.73 Å². The molecule has 0 spiro atoms. The van der Waals surface area contributed by atoms with Crippen LogP contribution in [-0.4, -0.2) is 5.17 Å². The lowest BCUT2D eigenvalue weighted by molar-refractivity contribution is 1.42. The molecule has 70 valence electrons. The third-order valence-corrected chi connectivity index (χ3v) is 2.54. The van der Waals surface area contributed by atoms with Crippen molar-refractivity contribution in [3.05, 3.63) is 33.8 Å². The smallest absolute Gasteiger partial charge is 0.151 e. The molecule has 0 amide bonds. The standard InChI is InChI=1S/C8H8Cl2N2S/c9-6-1-5(2-7(10)3-6)4-13-8(11)12/h1-3H,4H2,(H3,11,12). The number of hydrogen-bond acceptors (Lipinski definition) is 2. The van der Waals surface area contributed by atoms with Gasteiger partial charge in [-0.2, -0.15) is 0 Å². The van der Waals surface area contributed by atoms with Gasteiger partial charge in [-0.1, -0.05) is 35.0 Å². The van der Waals surface area contributed by atoms with Crippen molar-refractivity contribution in [2.45, 2.75) is 5.75 Å². The molecule has 0 radical (unpaired) electrons. The zero-order valence-corrected chi connectivity index (χ0v) is 9.01. The van der Waals surface area contributed by atoms with Crippen molar-refractivity contribution in [3.8, 4) is 0 Å². The highest BCUT2D eigenvalue weighted by atomic mass is 35.5. The molecule has 0 fully saturated rings. The molecule has 5 heteroatoms. The Hall–Kier alpha value is -0.380. The number of nitrogens with one attached hydrogen (secondary N) is 1. The molecule has 0 saturated carbocycles. The Balaban J connectivity index is 2.71. The Morgan fingerprint density at radius 3 is 2.31 bits per heavy atom. The minimum atomic E-state index is 0.0936. The number of hydrogen-bond donors (Lipinski definition) is 2. The van der Waals surface area contributed by atoms with Gasteiger partial charge in [0.2, 0.25) is 0 Å². The van der Waals surface area contributed by atoms with Gasteiger partial charge in [-0.15, -0.1) is 0 Å². The van der Waals surface area contributed by atoms with Crippen molar-refractivity contribution in [3.63, 3.8) is 0 Å². The number of rotatable bonds is 2. The van der Waals surface area contributed by atoms with Crippen LogP contribution in [0.25, 0.3) is 0 Å². The Labute approximate surface area is 90.9 Å². The molecule has 0 saturated heterocycles. The molecular formula is C8H8Cl2N2S. The highest BCUT2D eigenvalue weighted by molar-refractivity contribution is 8.13. The maximum absolute atomic E-state index is 7.03. The second-order valence-corrected chi connectivity index (χ2v) is 4.32. The van der Waals surface area contributed by atoms with E-state index in [4.69, 9.17) is 34.3 Å². The summed E-state index contributed by atoms with van der Waals surface area (Å²) in [6, 6.07) is 5.29. The van der Waals surface area contributed by atoms with E-state index in [1.54, 1.807) is 6.07 Å². The first-order valence-electron chi connectivity index (χ1n) is 3.50. The molecule has 1 rings (SSSR count). The highest BCUT2D eigenvalue weighted by Crippen LogP contribution is 2.21. The van der Waals surface area contributed by atoms with Crippen LogP contribution in [0, 0.1) is 5.41 Å². The predicted octanol–water partition coefficient (Wildman–Crippen LogP) is 3.12. The average Bonchev–Trinajstić information content (AvgIpc) is 1.99. The fourth-order valence-corrected chi connectivity index (χ4v) is 1.92. The second kappa shape index (κ2) is 4.74. The summed E-state index contributed by atoms with van der Waals surface area (Å²) in [6.45, 7) is 0. The van der Waals surface area contributed by atoms with E-state index in [-0.39, 0.29) is 5.17 Å².